The second kappa shape index (κ2) is 4.69. The molecule has 2 bridgehead atoms. The summed E-state index contributed by atoms with van der Waals surface area (Å²) >= 11 is 0. The van der Waals surface area contributed by atoms with Gasteiger partial charge < -0.3 is 10.0 Å². The van der Waals surface area contributed by atoms with E-state index in [9.17, 15) is 5.11 Å². The molecule has 0 spiro atoms. The third kappa shape index (κ3) is 2.01. The Balaban J connectivity index is 1.66. The van der Waals surface area contributed by atoms with Gasteiger partial charge in [-0.05, 0) is 51.5 Å². The van der Waals surface area contributed by atoms with Crippen LogP contribution < -0.4 is 4.90 Å². The van der Waals surface area contributed by atoms with Gasteiger partial charge in [0.05, 0.1) is 6.10 Å². The molecule has 20 heavy (non-hydrogen) atoms. The molecule has 3 fully saturated rings. The highest BCUT2D eigenvalue weighted by Crippen LogP contribution is 2.40. The minimum atomic E-state index is -0.125. The molecule has 0 amide bonds. The number of hydrogen-bond donors (Lipinski definition) is 1. The lowest BCUT2D eigenvalue weighted by atomic mass is 9.82. The lowest BCUT2D eigenvalue weighted by Crippen LogP contribution is -2.45. The highest BCUT2D eigenvalue weighted by molar-refractivity contribution is 5.39. The molecule has 4 nitrogen and oxygen atoms in total. The van der Waals surface area contributed by atoms with E-state index in [1.54, 1.807) is 0 Å². The number of aryl methyl sites for hydroxylation is 1. The van der Waals surface area contributed by atoms with Crippen molar-refractivity contribution in [2.45, 2.75) is 76.0 Å². The van der Waals surface area contributed by atoms with E-state index in [0.717, 1.165) is 24.5 Å². The number of aromatic nitrogens is 2. The van der Waals surface area contributed by atoms with Gasteiger partial charge in [-0.15, -0.1) is 0 Å². The van der Waals surface area contributed by atoms with Crippen LogP contribution in [0.4, 0.5) is 5.95 Å². The molecule has 0 aromatic carbocycles. The van der Waals surface area contributed by atoms with Crippen molar-refractivity contribution in [1.29, 1.82) is 0 Å². The third-order valence-electron chi connectivity index (χ3n) is 5.32. The number of nitrogens with zero attached hydrogens (tertiary/aromatic N) is 3. The number of aliphatic hydroxyl groups is 1. The predicted molar refractivity (Wildman–Crippen MR) is 77.9 cm³/mol. The summed E-state index contributed by atoms with van der Waals surface area (Å²) in [6.07, 6.45) is 7.89. The summed E-state index contributed by atoms with van der Waals surface area (Å²) in [5.74, 6) is 1.58. The van der Waals surface area contributed by atoms with Crippen molar-refractivity contribution in [3.05, 3.63) is 17.5 Å². The molecule has 1 aromatic rings. The first-order valence-electron chi connectivity index (χ1n) is 8.02. The molecule has 2 aliphatic heterocycles. The standard InChI is InChI=1S/C16H23N3O/c1-10-7-15(11-3-2-4-11)18-16(17-10)19-12-5-6-13(19)9-14(20)8-12/h7,11-14,20H,2-6,8-9H2,1H3/t12-,13+,14?. The summed E-state index contributed by atoms with van der Waals surface area (Å²) in [6.45, 7) is 2.08. The zero-order valence-electron chi connectivity index (χ0n) is 12.1. The summed E-state index contributed by atoms with van der Waals surface area (Å²) in [4.78, 5) is 12.0. The summed E-state index contributed by atoms with van der Waals surface area (Å²) < 4.78 is 0. The Labute approximate surface area is 120 Å². The van der Waals surface area contributed by atoms with Gasteiger partial charge >= 0.3 is 0 Å². The minimum Gasteiger partial charge on any atom is -0.393 e. The Morgan fingerprint density at radius 1 is 1.10 bits per heavy atom. The van der Waals surface area contributed by atoms with Crippen LogP contribution in [0.2, 0.25) is 0 Å². The number of fused-ring (bicyclic) bond motifs is 2. The molecule has 2 saturated heterocycles. The van der Waals surface area contributed by atoms with Gasteiger partial charge in [-0.3, -0.25) is 0 Å². The smallest absolute Gasteiger partial charge is 0.226 e. The molecular formula is C16H23N3O. The molecule has 108 valence electrons. The van der Waals surface area contributed by atoms with Gasteiger partial charge in [0.25, 0.3) is 0 Å². The van der Waals surface area contributed by atoms with E-state index in [1.807, 2.05) is 0 Å². The number of anilines is 1. The zero-order chi connectivity index (χ0) is 13.7. The lowest BCUT2D eigenvalue weighted by molar-refractivity contribution is 0.125. The van der Waals surface area contributed by atoms with E-state index >= 15 is 0 Å². The highest BCUT2D eigenvalue weighted by Gasteiger charge is 2.41. The Kier molecular flexibility index (Phi) is 2.95. The van der Waals surface area contributed by atoms with Gasteiger partial charge in [-0.2, -0.15) is 0 Å². The Morgan fingerprint density at radius 2 is 1.80 bits per heavy atom. The van der Waals surface area contributed by atoms with E-state index in [-0.39, 0.29) is 6.10 Å². The van der Waals surface area contributed by atoms with Crippen LogP contribution in [0.3, 0.4) is 0 Å². The van der Waals surface area contributed by atoms with E-state index in [2.05, 4.69) is 17.9 Å². The molecule has 1 saturated carbocycles. The molecule has 1 aliphatic carbocycles. The fourth-order valence-electron chi connectivity index (χ4n) is 4.08. The number of piperidine rings is 1. The molecule has 3 aliphatic rings. The molecule has 0 radical (unpaired) electrons. The normalized spacial score (nSPS) is 33.3. The van der Waals surface area contributed by atoms with Crippen molar-refractivity contribution in [3.63, 3.8) is 0 Å². The molecule has 1 N–H and O–H groups in total. The number of aliphatic hydroxyl groups excluding tert-OH is 1. The Hall–Kier alpha value is -1.16. The van der Waals surface area contributed by atoms with Crippen molar-refractivity contribution >= 4 is 5.95 Å². The maximum Gasteiger partial charge on any atom is 0.226 e. The maximum absolute atomic E-state index is 9.93. The van der Waals surface area contributed by atoms with Gasteiger partial charge in [0.1, 0.15) is 0 Å². The van der Waals surface area contributed by atoms with Gasteiger partial charge in [0.15, 0.2) is 0 Å². The SMILES string of the molecule is Cc1cc(C2CCC2)nc(N2[C@@H]3CC[C@H]2CC(O)C3)n1. The zero-order valence-corrected chi connectivity index (χ0v) is 12.1. The molecule has 4 heteroatoms. The lowest BCUT2D eigenvalue weighted by Gasteiger charge is -2.37. The third-order valence-corrected chi connectivity index (χ3v) is 5.32. The van der Waals surface area contributed by atoms with Crippen molar-refractivity contribution in [3.8, 4) is 0 Å². The van der Waals surface area contributed by atoms with Crippen LogP contribution in [0.5, 0.6) is 0 Å². The summed E-state index contributed by atoms with van der Waals surface area (Å²) in [5.41, 5.74) is 2.33. The van der Waals surface area contributed by atoms with Crippen LogP contribution in [0.25, 0.3) is 0 Å². The molecule has 3 atom stereocenters. The topological polar surface area (TPSA) is 49.2 Å². The van der Waals surface area contributed by atoms with Crippen molar-refractivity contribution in [2.75, 3.05) is 4.90 Å². The molecular weight excluding hydrogens is 250 g/mol. The first-order valence-corrected chi connectivity index (χ1v) is 8.02. The van der Waals surface area contributed by atoms with Crippen LogP contribution in [-0.4, -0.2) is 33.3 Å². The van der Waals surface area contributed by atoms with Crippen LogP contribution in [0, 0.1) is 6.92 Å². The van der Waals surface area contributed by atoms with E-state index in [4.69, 9.17) is 9.97 Å². The molecule has 4 rings (SSSR count). The van der Waals surface area contributed by atoms with E-state index in [1.165, 1.54) is 37.8 Å². The Bertz CT molecular complexity index is 500. The van der Waals surface area contributed by atoms with Crippen LogP contribution >= 0.6 is 0 Å². The molecule has 1 aromatic heterocycles. The minimum absolute atomic E-state index is 0.125. The first-order chi connectivity index (χ1) is 9.70. The Morgan fingerprint density at radius 3 is 2.40 bits per heavy atom. The predicted octanol–water partition coefficient (Wildman–Crippen LogP) is 2.54. The maximum atomic E-state index is 9.93. The average Bonchev–Trinajstić information content (AvgIpc) is 2.59. The van der Waals surface area contributed by atoms with Crippen LogP contribution in [-0.2, 0) is 0 Å². The number of rotatable bonds is 2. The fourth-order valence-corrected chi connectivity index (χ4v) is 4.08. The molecule has 3 heterocycles. The van der Waals surface area contributed by atoms with Gasteiger partial charge in [-0.25, -0.2) is 9.97 Å². The van der Waals surface area contributed by atoms with Gasteiger partial charge in [-0.1, -0.05) is 6.42 Å². The second-order valence-corrected chi connectivity index (χ2v) is 6.78. The summed E-state index contributed by atoms with van der Waals surface area (Å²) in [5, 5.41) is 9.93. The van der Waals surface area contributed by atoms with E-state index < -0.39 is 0 Å². The van der Waals surface area contributed by atoms with Crippen LogP contribution in [0.1, 0.15) is 62.3 Å². The summed E-state index contributed by atoms with van der Waals surface area (Å²) in [7, 11) is 0. The van der Waals surface area contributed by atoms with Gasteiger partial charge in [0, 0.05) is 29.4 Å². The van der Waals surface area contributed by atoms with Crippen molar-refractivity contribution in [1.82, 2.24) is 9.97 Å². The first kappa shape index (κ1) is 12.6. The summed E-state index contributed by atoms with van der Waals surface area (Å²) in [6, 6.07) is 3.05. The quantitative estimate of drug-likeness (QED) is 0.899. The fraction of sp³-hybridized carbons (Fsp3) is 0.750. The second-order valence-electron chi connectivity index (χ2n) is 6.78. The number of hydrogen-bond acceptors (Lipinski definition) is 4. The molecule has 1 unspecified atom stereocenters. The largest absolute Gasteiger partial charge is 0.393 e. The van der Waals surface area contributed by atoms with Gasteiger partial charge in [0.2, 0.25) is 5.95 Å². The van der Waals surface area contributed by atoms with Crippen molar-refractivity contribution < 1.29 is 5.11 Å². The van der Waals surface area contributed by atoms with E-state index in [0.29, 0.717) is 18.0 Å². The van der Waals surface area contributed by atoms with Crippen LogP contribution in [0.15, 0.2) is 6.07 Å². The monoisotopic (exact) mass is 273 g/mol. The average molecular weight is 273 g/mol. The highest BCUT2D eigenvalue weighted by atomic mass is 16.3. The van der Waals surface area contributed by atoms with Crippen molar-refractivity contribution in [2.24, 2.45) is 0 Å².